The number of likely N-dealkylation sites (tertiary alicyclic amines) is 1. The molecular formula is C19H29ClN2O3. The van der Waals surface area contributed by atoms with Crippen LogP contribution in [0.15, 0.2) is 12.1 Å². The first-order chi connectivity index (χ1) is 12.1. The zero-order chi connectivity index (χ0) is 18.2. The number of ether oxygens (including phenoxy) is 2. The van der Waals surface area contributed by atoms with E-state index >= 15 is 0 Å². The van der Waals surface area contributed by atoms with Crippen molar-refractivity contribution in [3.63, 3.8) is 0 Å². The molecule has 1 amide bonds. The second kappa shape index (κ2) is 9.88. The van der Waals surface area contributed by atoms with Gasteiger partial charge in [0.25, 0.3) is 5.91 Å². The second-order valence-electron chi connectivity index (χ2n) is 6.36. The quantitative estimate of drug-likeness (QED) is 0.761. The van der Waals surface area contributed by atoms with Crippen LogP contribution in [0.2, 0.25) is 5.02 Å². The number of halogens is 1. The first kappa shape index (κ1) is 19.9. The molecule has 2 rings (SSSR count). The molecule has 140 valence electrons. The molecule has 0 bridgehead atoms. The Kier molecular flexibility index (Phi) is 7.85. The van der Waals surface area contributed by atoms with Gasteiger partial charge in [-0.2, -0.15) is 0 Å². The van der Waals surface area contributed by atoms with Crippen LogP contribution >= 0.6 is 11.6 Å². The van der Waals surface area contributed by atoms with Gasteiger partial charge in [0.2, 0.25) is 0 Å². The summed E-state index contributed by atoms with van der Waals surface area (Å²) in [6, 6.07) is 3.44. The summed E-state index contributed by atoms with van der Waals surface area (Å²) in [7, 11) is 1.97. The number of nitrogens with zero attached hydrogens (tertiary/aromatic N) is 1. The van der Waals surface area contributed by atoms with Gasteiger partial charge >= 0.3 is 0 Å². The number of nitrogens with one attached hydrogen (secondary N) is 1. The van der Waals surface area contributed by atoms with Crippen molar-refractivity contribution in [3.8, 4) is 11.5 Å². The van der Waals surface area contributed by atoms with Crippen molar-refractivity contribution in [3.05, 3.63) is 22.7 Å². The maximum absolute atomic E-state index is 12.9. The van der Waals surface area contributed by atoms with Crippen molar-refractivity contribution >= 4 is 17.5 Å². The molecule has 1 saturated heterocycles. The topological polar surface area (TPSA) is 50.8 Å². The Labute approximate surface area is 155 Å². The van der Waals surface area contributed by atoms with E-state index in [0.29, 0.717) is 41.2 Å². The zero-order valence-corrected chi connectivity index (χ0v) is 16.2. The lowest BCUT2D eigenvalue weighted by Crippen LogP contribution is -2.40. The van der Waals surface area contributed by atoms with Crippen molar-refractivity contribution in [2.75, 3.05) is 39.9 Å². The molecule has 1 heterocycles. The minimum atomic E-state index is 0.00722. The highest BCUT2D eigenvalue weighted by Crippen LogP contribution is 2.37. The Balaban J connectivity index is 2.14. The van der Waals surface area contributed by atoms with Crippen LogP contribution in [-0.2, 0) is 0 Å². The smallest absolute Gasteiger partial charge is 0.254 e. The molecule has 1 aliphatic rings. The molecule has 6 heteroatoms. The molecular weight excluding hydrogens is 340 g/mol. The second-order valence-corrected chi connectivity index (χ2v) is 6.77. The van der Waals surface area contributed by atoms with Crippen LogP contribution in [-0.4, -0.2) is 50.7 Å². The van der Waals surface area contributed by atoms with Crippen LogP contribution in [0.4, 0.5) is 0 Å². The van der Waals surface area contributed by atoms with Gasteiger partial charge in [-0.3, -0.25) is 4.79 Å². The third kappa shape index (κ3) is 5.25. The highest BCUT2D eigenvalue weighted by atomic mass is 35.5. The summed E-state index contributed by atoms with van der Waals surface area (Å²) in [6.45, 7) is 7.55. The van der Waals surface area contributed by atoms with Crippen LogP contribution in [0.25, 0.3) is 0 Å². The van der Waals surface area contributed by atoms with Gasteiger partial charge in [0.05, 0.1) is 18.2 Å². The monoisotopic (exact) mass is 368 g/mol. The van der Waals surface area contributed by atoms with E-state index in [0.717, 1.165) is 38.9 Å². The number of rotatable bonds is 8. The minimum absolute atomic E-state index is 0.00722. The van der Waals surface area contributed by atoms with Gasteiger partial charge < -0.3 is 19.7 Å². The van der Waals surface area contributed by atoms with Gasteiger partial charge in [0.15, 0.2) is 11.5 Å². The van der Waals surface area contributed by atoms with Crippen LogP contribution in [0, 0.1) is 5.92 Å². The summed E-state index contributed by atoms with van der Waals surface area (Å²) in [5, 5.41) is 3.64. The number of hydrogen-bond acceptors (Lipinski definition) is 4. The maximum atomic E-state index is 12.9. The van der Waals surface area contributed by atoms with Crippen molar-refractivity contribution in [1.82, 2.24) is 10.2 Å². The van der Waals surface area contributed by atoms with Gasteiger partial charge in [0.1, 0.15) is 0 Å². The summed E-state index contributed by atoms with van der Waals surface area (Å²) in [6.07, 6.45) is 2.93. The Morgan fingerprint density at radius 2 is 2.00 bits per heavy atom. The third-order valence-corrected chi connectivity index (χ3v) is 4.68. The van der Waals surface area contributed by atoms with Crippen molar-refractivity contribution < 1.29 is 14.3 Å². The normalized spacial score (nSPS) is 15.3. The van der Waals surface area contributed by atoms with E-state index in [1.807, 2.05) is 25.8 Å². The van der Waals surface area contributed by atoms with Crippen LogP contribution in [0.1, 0.15) is 43.5 Å². The number of carbonyl (C=O) groups is 1. The standard InChI is InChI=1S/C19H29ClN2O3/c1-4-10-25-18-16(20)11-15(12-17(18)24-5-2)19(23)22-8-6-14(7-9-22)13-21-3/h11-12,14,21H,4-10,13H2,1-3H3. The van der Waals surface area contributed by atoms with Gasteiger partial charge in [0, 0.05) is 18.7 Å². The molecule has 0 aliphatic carbocycles. The molecule has 5 nitrogen and oxygen atoms in total. The third-order valence-electron chi connectivity index (χ3n) is 4.40. The van der Waals surface area contributed by atoms with Crippen LogP contribution in [0.3, 0.4) is 0 Å². The van der Waals surface area contributed by atoms with Crippen molar-refractivity contribution in [2.45, 2.75) is 33.1 Å². The van der Waals surface area contributed by atoms with Crippen molar-refractivity contribution in [1.29, 1.82) is 0 Å². The molecule has 0 unspecified atom stereocenters. The first-order valence-corrected chi connectivity index (χ1v) is 9.51. The lowest BCUT2D eigenvalue weighted by atomic mass is 9.96. The Morgan fingerprint density at radius 1 is 1.28 bits per heavy atom. The Hall–Kier alpha value is -1.46. The zero-order valence-electron chi connectivity index (χ0n) is 15.4. The molecule has 25 heavy (non-hydrogen) atoms. The fourth-order valence-corrected chi connectivity index (χ4v) is 3.38. The summed E-state index contributed by atoms with van der Waals surface area (Å²) in [5.41, 5.74) is 0.560. The average molecular weight is 369 g/mol. The van der Waals surface area contributed by atoms with Gasteiger partial charge in [-0.15, -0.1) is 0 Å². The molecule has 1 fully saturated rings. The van der Waals surface area contributed by atoms with E-state index < -0.39 is 0 Å². The number of benzene rings is 1. The first-order valence-electron chi connectivity index (χ1n) is 9.13. The lowest BCUT2D eigenvalue weighted by molar-refractivity contribution is 0.0690. The summed E-state index contributed by atoms with van der Waals surface area (Å²) < 4.78 is 11.4. The highest BCUT2D eigenvalue weighted by Gasteiger charge is 2.25. The highest BCUT2D eigenvalue weighted by molar-refractivity contribution is 6.32. The minimum Gasteiger partial charge on any atom is -0.490 e. The van der Waals surface area contributed by atoms with Gasteiger partial charge in [-0.05, 0) is 57.8 Å². The summed E-state index contributed by atoms with van der Waals surface area (Å²) in [4.78, 5) is 14.8. The predicted octanol–water partition coefficient (Wildman–Crippen LogP) is 3.60. The maximum Gasteiger partial charge on any atom is 0.254 e. The molecule has 0 radical (unpaired) electrons. The summed E-state index contributed by atoms with van der Waals surface area (Å²) >= 11 is 6.37. The molecule has 0 aromatic heterocycles. The number of carbonyl (C=O) groups excluding carboxylic acids is 1. The average Bonchev–Trinajstić information content (AvgIpc) is 2.61. The SMILES string of the molecule is CCCOc1c(Cl)cc(C(=O)N2CCC(CNC)CC2)cc1OCC. The van der Waals surface area contributed by atoms with Gasteiger partial charge in [-0.1, -0.05) is 18.5 Å². The largest absolute Gasteiger partial charge is 0.490 e. The van der Waals surface area contributed by atoms with Crippen LogP contribution in [0.5, 0.6) is 11.5 Å². The molecule has 0 saturated carbocycles. The molecule has 1 aromatic rings. The molecule has 0 spiro atoms. The van der Waals surface area contributed by atoms with E-state index in [2.05, 4.69) is 5.32 Å². The fraction of sp³-hybridized carbons (Fsp3) is 0.632. The number of piperidine rings is 1. The molecule has 1 aromatic carbocycles. The molecule has 0 atom stereocenters. The van der Waals surface area contributed by atoms with E-state index in [9.17, 15) is 4.79 Å². The van der Waals surface area contributed by atoms with E-state index in [1.54, 1.807) is 12.1 Å². The lowest BCUT2D eigenvalue weighted by Gasteiger charge is -2.32. The van der Waals surface area contributed by atoms with Crippen LogP contribution < -0.4 is 14.8 Å². The predicted molar refractivity (Wildman–Crippen MR) is 101 cm³/mol. The molecule has 1 aliphatic heterocycles. The molecule has 1 N–H and O–H groups in total. The Bertz CT molecular complexity index is 572. The fourth-order valence-electron chi connectivity index (χ4n) is 3.11. The van der Waals surface area contributed by atoms with E-state index in [-0.39, 0.29) is 5.91 Å². The Morgan fingerprint density at radius 3 is 2.60 bits per heavy atom. The number of amides is 1. The van der Waals surface area contributed by atoms with Crippen molar-refractivity contribution in [2.24, 2.45) is 5.92 Å². The van der Waals surface area contributed by atoms with E-state index in [4.69, 9.17) is 21.1 Å². The van der Waals surface area contributed by atoms with Gasteiger partial charge in [-0.25, -0.2) is 0 Å². The van der Waals surface area contributed by atoms with E-state index in [1.165, 1.54) is 0 Å². The number of hydrogen-bond donors (Lipinski definition) is 1. The summed E-state index contributed by atoms with van der Waals surface area (Å²) in [5.74, 6) is 1.71.